The molecule has 0 heterocycles. The first-order valence-corrected chi connectivity index (χ1v) is 7.55. The standard InChI is InChI=1S/C15H21Cl2NO3/c1-2-3-8-20-9-7-18-10-12(19)11-21-15-13(16)5-4-6-14(15)17/h2,4-6,12,18-19H,1,3,7-11H2. The van der Waals surface area contributed by atoms with Gasteiger partial charge in [0.05, 0.1) is 23.3 Å². The number of benzene rings is 1. The number of ether oxygens (including phenoxy) is 2. The van der Waals surface area contributed by atoms with Crippen LogP contribution in [-0.4, -0.2) is 44.1 Å². The van der Waals surface area contributed by atoms with Gasteiger partial charge in [0.15, 0.2) is 5.75 Å². The Morgan fingerprint density at radius 1 is 1.29 bits per heavy atom. The molecule has 0 aliphatic rings. The zero-order valence-corrected chi connectivity index (χ0v) is 13.4. The highest BCUT2D eigenvalue weighted by atomic mass is 35.5. The zero-order valence-electron chi connectivity index (χ0n) is 11.9. The summed E-state index contributed by atoms with van der Waals surface area (Å²) in [6.07, 6.45) is 2.01. The van der Waals surface area contributed by atoms with Gasteiger partial charge >= 0.3 is 0 Å². The monoisotopic (exact) mass is 333 g/mol. The van der Waals surface area contributed by atoms with Crippen LogP contribution in [0.2, 0.25) is 10.0 Å². The maximum Gasteiger partial charge on any atom is 0.156 e. The van der Waals surface area contributed by atoms with Crippen LogP contribution in [0.5, 0.6) is 5.75 Å². The Hall–Kier alpha value is -0.780. The van der Waals surface area contributed by atoms with Gasteiger partial charge in [-0.15, -0.1) is 6.58 Å². The molecule has 1 unspecified atom stereocenters. The smallest absolute Gasteiger partial charge is 0.156 e. The van der Waals surface area contributed by atoms with E-state index in [9.17, 15) is 5.11 Å². The maximum atomic E-state index is 9.81. The summed E-state index contributed by atoms with van der Waals surface area (Å²) in [4.78, 5) is 0. The number of hydrogen-bond acceptors (Lipinski definition) is 4. The molecule has 0 aliphatic carbocycles. The molecule has 21 heavy (non-hydrogen) atoms. The molecular formula is C15H21Cl2NO3. The van der Waals surface area contributed by atoms with Crippen molar-refractivity contribution in [1.29, 1.82) is 0 Å². The number of nitrogens with one attached hydrogen (secondary N) is 1. The van der Waals surface area contributed by atoms with Crippen LogP contribution >= 0.6 is 23.2 Å². The van der Waals surface area contributed by atoms with Gasteiger partial charge in [0.25, 0.3) is 0 Å². The summed E-state index contributed by atoms with van der Waals surface area (Å²) in [6, 6.07) is 5.11. The zero-order chi connectivity index (χ0) is 15.5. The summed E-state index contributed by atoms with van der Waals surface area (Å²) in [5, 5.41) is 13.7. The van der Waals surface area contributed by atoms with E-state index in [-0.39, 0.29) is 6.61 Å². The Balaban J connectivity index is 2.14. The molecule has 0 radical (unpaired) electrons. The molecule has 0 spiro atoms. The van der Waals surface area contributed by atoms with Crippen molar-refractivity contribution < 1.29 is 14.6 Å². The summed E-state index contributed by atoms with van der Waals surface area (Å²) < 4.78 is 10.8. The van der Waals surface area contributed by atoms with E-state index < -0.39 is 6.10 Å². The fourth-order valence-electron chi connectivity index (χ4n) is 1.54. The third kappa shape index (κ3) is 7.69. The molecule has 0 bridgehead atoms. The van der Waals surface area contributed by atoms with E-state index in [1.807, 2.05) is 6.08 Å². The van der Waals surface area contributed by atoms with E-state index in [2.05, 4.69) is 11.9 Å². The van der Waals surface area contributed by atoms with Crippen molar-refractivity contribution in [1.82, 2.24) is 5.32 Å². The number of aliphatic hydroxyl groups is 1. The van der Waals surface area contributed by atoms with Crippen LogP contribution in [0.15, 0.2) is 30.9 Å². The van der Waals surface area contributed by atoms with E-state index >= 15 is 0 Å². The summed E-state index contributed by atoms with van der Waals surface area (Å²) in [5.41, 5.74) is 0. The third-order valence-corrected chi connectivity index (χ3v) is 3.20. The van der Waals surface area contributed by atoms with Gasteiger partial charge in [0, 0.05) is 13.1 Å². The van der Waals surface area contributed by atoms with Gasteiger partial charge < -0.3 is 19.9 Å². The highest BCUT2D eigenvalue weighted by Crippen LogP contribution is 2.32. The van der Waals surface area contributed by atoms with Crippen molar-refractivity contribution in [2.24, 2.45) is 0 Å². The van der Waals surface area contributed by atoms with E-state index in [0.717, 1.165) is 6.42 Å². The van der Waals surface area contributed by atoms with Gasteiger partial charge in [0.1, 0.15) is 12.7 Å². The van der Waals surface area contributed by atoms with Crippen LogP contribution in [0.3, 0.4) is 0 Å². The number of halogens is 2. The lowest BCUT2D eigenvalue weighted by Gasteiger charge is -2.15. The van der Waals surface area contributed by atoms with E-state index in [4.69, 9.17) is 32.7 Å². The fraction of sp³-hybridized carbons (Fsp3) is 0.467. The second-order valence-electron chi connectivity index (χ2n) is 4.41. The van der Waals surface area contributed by atoms with Gasteiger partial charge in [-0.1, -0.05) is 35.3 Å². The Morgan fingerprint density at radius 3 is 2.67 bits per heavy atom. The largest absolute Gasteiger partial charge is 0.488 e. The van der Waals surface area contributed by atoms with E-state index in [1.165, 1.54) is 0 Å². The molecule has 0 fully saturated rings. The van der Waals surface area contributed by atoms with Crippen molar-refractivity contribution in [3.8, 4) is 5.75 Å². The van der Waals surface area contributed by atoms with E-state index in [1.54, 1.807) is 18.2 Å². The lowest BCUT2D eigenvalue weighted by Crippen LogP contribution is -2.33. The summed E-state index contributed by atoms with van der Waals surface area (Å²) >= 11 is 11.9. The first-order chi connectivity index (χ1) is 10.1. The number of para-hydroxylation sites is 1. The highest BCUT2D eigenvalue weighted by Gasteiger charge is 2.10. The van der Waals surface area contributed by atoms with Crippen molar-refractivity contribution in [3.05, 3.63) is 40.9 Å². The summed E-state index contributed by atoms with van der Waals surface area (Å²) in [7, 11) is 0. The van der Waals surface area contributed by atoms with Gasteiger partial charge in [0.2, 0.25) is 0 Å². The molecule has 1 atom stereocenters. The molecule has 0 amide bonds. The molecule has 6 heteroatoms. The molecule has 0 saturated carbocycles. The maximum absolute atomic E-state index is 9.81. The van der Waals surface area contributed by atoms with Crippen molar-refractivity contribution in [3.63, 3.8) is 0 Å². The van der Waals surface area contributed by atoms with Gasteiger partial charge in [-0.2, -0.15) is 0 Å². The Labute approximate surface area is 135 Å². The molecule has 0 aromatic heterocycles. The Kier molecular flexibility index (Phi) is 9.46. The second-order valence-corrected chi connectivity index (χ2v) is 5.22. The quantitative estimate of drug-likeness (QED) is 0.483. The third-order valence-electron chi connectivity index (χ3n) is 2.61. The Morgan fingerprint density at radius 2 is 2.00 bits per heavy atom. The minimum atomic E-state index is -0.648. The van der Waals surface area contributed by atoms with Crippen LogP contribution in [0.4, 0.5) is 0 Å². The molecule has 2 N–H and O–H groups in total. The number of aliphatic hydroxyl groups excluding tert-OH is 1. The first-order valence-electron chi connectivity index (χ1n) is 6.79. The SMILES string of the molecule is C=CCCOCCNCC(O)COc1c(Cl)cccc1Cl. The molecule has 1 aromatic carbocycles. The molecule has 1 aromatic rings. The predicted octanol–water partition coefficient (Wildman–Crippen LogP) is 2.92. The molecule has 118 valence electrons. The summed E-state index contributed by atoms with van der Waals surface area (Å²) in [6.45, 7) is 6.07. The predicted molar refractivity (Wildman–Crippen MR) is 86.5 cm³/mol. The van der Waals surface area contributed by atoms with E-state index in [0.29, 0.717) is 42.1 Å². The number of hydrogen-bond donors (Lipinski definition) is 2. The van der Waals surface area contributed by atoms with Gasteiger partial charge in [-0.05, 0) is 18.6 Å². The molecular weight excluding hydrogens is 313 g/mol. The van der Waals surface area contributed by atoms with Crippen LogP contribution in [0, 0.1) is 0 Å². The van der Waals surface area contributed by atoms with Crippen LogP contribution < -0.4 is 10.1 Å². The van der Waals surface area contributed by atoms with Crippen molar-refractivity contribution in [2.45, 2.75) is 12.5 Å². The minimum Gasteiger partial charge on any atom is -0.488 e. The second kappa shape index (κ2) is 10.9. The fourth-order valence-corrected chi connectivity index (χ4v) is 2.05. The molecule has 1 rings (SSSR count). The van der Waals surface area contributed by atoms with Gasteiger partial charge in [-0.3, -0.25) is 0 Å². The van der Waals surface area contributed by atoms with Gasteiger partial charge in [-0.25, -0.2) is 0 Å². The first kappa shape index (κ1) is 18.3. The normalized spacial score (nSPS) is 12.1. The molecule has 0 aliphatic heterocycles. The average Bonchev–Trinajstić information content (AvgIpc) is 2.46. The number of rotatable bonds is 11. The molecule has 0 saturated heterocycles. The Bertz CT molecular complexity index is 409. The van der Waals surface area contributed by atoms with Crippen molar-refractivity contribution in [2.75, 3.05) is 32.9 Å². The highest BCUT2D eigenvalue weighted by molar-refractivity contribution is 6.37. The van der Waals surface area contributed by atoms with Crippen LogP contribution in [0.1, 0.15) is 6.42 Å². The molecule has 4 nitrogen and oxygen atoms in total. The lowest BCUT2D eigenvalue weighted by atomic mass is 10.3. The average molecular weight is 334 g/mol. The van der Waals surface area contributed by atoms with Crippen LogP contribution in [0.25, 0.3) is 0 Å². The lowest BCUT2D eigenvalue weighted by molar-refractivity contribution is 0.0994. The minimum absolute atomic E-state index is 0.119. The summed E-state index contributed by atoms with van der Waals surface area (Å²) in [5.74, 6) is 0.396. The van der Waals surface area contributed by atoms with Crippen molar-refractivity contribution >= 4 is 23.2 Å². The topological polar surface area (TPSA) is 50.7 Å². The van der Waals surface area contributed by atoms with Crippen LogP contribution in [-0.2, 0) is 4.74 Å².